The van der Waals surface area contributed by atoms with Gasteiger partial charge in [-0.2, -0.15) is 4.31 Å². The molecular weight excluding hydrogens is 423 g/mol. The Balaban J connectivity index is 1.68. The molecule has 0 atom stereocenters. The highest BCUT2D eigenvalue weighted by Gasteiger charge is 2.26. The highest BCUT2D eigenvalue weighted by atomic mass is 35.5. The largest absolute Gasteiger partial charge is 0.324 e. The maximum absolute atomic E-state index is 12.9. The molecule has 5 nitrogen and oxygen atoms in total. The van der Waals surface area contributed by atoms with Crippen LogP contribution in [-0.2, 0) is 14.8 Å². The second-order valence-corrected chi connectivity index (χ2v) is 9.79. The van der Waals surface area contributed by atoms with Crippen LogP contribution in [0.5, 0.6) is 0 Å². The normalized spacial score (nSPS) is 15.4. The van der Waals surface area contributed by atoms with E-state index in [1.54, 1.807) is 12.1 Å². The van der Waals surface area contributed by atoms with Crippen molar-refractivity contribution in [1.29, 1.82) is 0 Å². The molecule has 1 amide bonds. The standard InChI is InChI=1S/C19H20ClFN2O3S2/c20-17-9-8-16(28(25,26)23-10-2-1-3-11-23)12-18(17)22-19(24)13-27-15-6-4-14(21)5-7-15/h4-9,12H,1-3,10-11,13H2,(H,22,24). The predicted molar refractivity (Wildman–Crippen MR) is 110 cm³/mol. The van der Waals surface area contributed by atoms with Gasteiger partial charge in [0.15, 0.2) is 0 Å². The highest BCUT2D eigenvalue weighted by Crippen LogP contribution is 2.28. The first-order valence-corrected chi connectivity index (χ1v) is 11.6. The zero-order chi connectivity index (χ0) is 20.1. The first-order valence-electron chi connectivity index (χ1n) is 8.84. The summed E-state index contributed by atoms with van der Waals surface area (Å²) in [4.78, 5) is 13.1. The summed E-state index contributed by atoms with van der Waals surface area (Å²) in [6.07, 6.45) is 2.72. The number of halogens is 2. The Morgan fingerprint density at radius 2 is 1.79 bits per heavy atom. The molecule has 1 fully saturated rings. The lowest BCUT2D eigenvalue weighted by molar-refractivity contribution is -0.113. The fraction of sp³-hybridized carbons (Fsp3) is 0.316. The fourth-order valence-electron chi connectivity index (χ4n) is 2.88. The molecule has 0 unspecified atom stereocenters. The van der Waals surface area contributed by atoms with Gasteiger partial charge in [0.1, 0.15) is 5.82 Å². The first-order chi connectivity index (χ1) is 13.4. The van der Waals surface area contributed by atoms with E-state index in [2.05, 4.69) is 5.32 Å². The molecule has 1 aliphatic rings. The van der Waals surface area contributed by atoms with Crippen molar-refractivity contribution in [2.75, 3.05) is 24.2 Å². The molecule has 2 aromatic rings. The molecule has 0 spiro atoms. The van der Waals surface area contributed by atoms with E-state index in [9.17, 15) is 17.6 Å². The van der Waals surface area contributed by atoms with Gasteiger partial charge in [0.25, 0.3) is 0 Å². The van der Waals surface area contributed by atoms with Gasteiger partial charge in [-0.25, -0.2) is 12.8 Å². The number of rotatable bonds is 6. The Morgan fingerprint density at radius 1 is 1.11 bits per heavy atom. The van der Waals surface area contributed by atoms with Gasteiger partial charge in [0.05, 0.1) is 21.4 Å². The number of amides is 1. The van der Waals surface area contributed by atoms with E-state index in [0.717, 1.165) is 24.2 Å². The first kappa shape index (κ1) is 21.1. The Labute approximate surface area is 173 Å². The third-order valence-electron chi connectivity index (χ3n) is 4.35. The number of nitrogens with zero attached hydrogens (tertiary/aromatic N) is 1. The molecule has 28 heavy (non-hydrogen) atoms. The van der Waals surface area contributed by atoms with Crippen molar-refractivity contribution in [2.45, 2.75) is 29.1 Å². The molecule has 9 heteroatoms. The van der Waals surface area contributed by atoms with E-state index >= 15 is 0 Å². The number of nitrogens with one attached hydrogen (secondary N) is 1. The third-order valence-corrected chi connectivity index (χ3v) is 7.58. The maximum atomic E-state index is 12.9. The summed E-state index contributed by atoms with van der Waals surface area (Å²) in [7, 11) is -3.61. The molecule has 1 heterocycles. The van der Waals surface area contributed by atoms with Gasteiger partial charge >= 0.3 is 0 Å². The smallest absolute Gasteiger partial charge is 0.243 e. The molecule has 0 saturated carbocycles. The lowest BCUT2D eigenvalue weighted by atomic mass is 10.2. The Bertz CT molecular complexity index is 946. The van der Waals surface area contributed by atoms with Crippen LogP contribution in [0.2, 0.25) is 5.02 Å². The molecule has 2 aromatic carbocycles. The lowest BCUT2D eigenvalue weighted by Gasteiger charge is -2.26. The number of carbonyl (C=O) groups excluding carboxylic acids is 1. The molecule has 0 aromatic heterocycles. The lowest BCUT2D eigenvalue weighted by Crippen LogP contribution is -2.35. The summed E-state index contributed by atoms with van der Waals surface area (Å²) in [6.45, 7) is 1.00. The molecule has 0 aliphatic carbocycles. The quantitative estimate of drug-likeness (QED) is 0.674. The van der Waals surface area contributed by atoms with Crippen LogP contribution >= 0.6 is 23.4 Å². The molecule has 0 bridgehead atoms. The van der Waals surface area contributed by atoms with Crippen molar-refractivity contribution in [3.63, 3.8) is 0 Å². The number of thioether (sulfide) groups is 1. The monoisotopic (exact) mass is 442 g/mol. The van der Waals surface area contributed by atoms with Crippen molar-refractivity contribution in [3.05, 3.63) is 53.3 Å². The van der Waals surface area contributed by atoms with Crippen LogP contribution in [0.15, 0.2) is 52.3 Å². The van der Waals surface area contributed by atoms with Gasteiger partial charge in [-0.05, 0) is 55.3 Å². The minimum Gasteiger partial charge on any atom is -0.324 e. The zero-order valence-corrected chi connectivity index (χ0v) is 17.4. The minimum absolute atomic E-state index is 0.0884. The van der Waals surface area contributed by atoms with E-state index in [4.69, 9.17) is 11.6 Å². The average Bonchev–Trinajstić information content (AvgIpc) is 2.70. The van der Waals surface area contributed by atoms with Crippen molar-refractivity contribution in [1.82, 2.24) is 4.31 Å². The van der Waals surface area contributed by atoms with Crippen LogP contribution in [0.4, 0.5) is 10.1 Å². The summed E-state index contributed by atoms with van der Waals surface area (Å²) in [5.41, 5.74) is 0.254. The van der Waals surface area contributed by atoms with E-state index in [-0.39, 0.29) is 33.1 Å². The van der Waals surface area contributed by atoms with Crippen LogP contribution in [0.3, 0.4) is 0 Å². The van der Waals surface area contributed by atoms with Crippen LogP contribution in [-0.4, -0.2) is 37.5 Å². The second kappa shape index (κ2) is 9.26. The Kier molecular flexibility index (Phi) is 6.98. The molecule has 1 N–H and O–H groups in total. The molecule has 150 valence electrons. The number of sulfonamides is 1. The predicted octanol–water partition coefficient (Wildman–Crippen LogP) is 4.38. The van der Waals surface area contributed by atoms with Crippen molar-refractivity contribution in [3.8, 4) is 0 Å². The van der Waals surface area contributed by atoms with Crippen LogP contribution in [0.1, 0.15) is 19.3 Å². The SMILES string of the molecule is O=C(CSc1ccc(F)cc1)Nc1cc(S(=O)(=O)N2CCCCC2)ccc1Cl. The van der Waals surface area contributed by atoms with E-state index in [1.165, 1.54) is 46.4 Å². The number of benzene rings is 2. The topological polar surface area (TPSA) is 66.5 Å². The molecule has 0 radical (unpaired) electrons. The summed E-state index contributed by atoms with van der Waals surface area (Å²) in [6, 6.07) is 10.2. The zero-order valence-electron chi connectivity index (χ0n) is 15.0. The van der Waals surface area contributed by atoms with Crippen LogP contribution in [0.25, 0.3) is 0 Å². The van der Waals surface area contributed by atoms with Crippen molar-refractivity contribution < 1.29 is 17.6 Å². The Hall–Kier alpha value is -1.61. The van der Waals surface area contributed by atoms with Crippen molar-refractivity contribution in [2.24, 2.45) is 0 Å². The van der Waals surface area contributed by atoms with E-state index in [1.807, 2.05) is 0 Å². The van der Waals surface area contributed by atoms with Gasteiger partial charge in [-0.1, -0.05) is 18.0 Å². The number of anilines is 1. The van der Waals surface area contributed by atoms with Crippen LogP contribution in [0, 0.1) is 5.82 Å². The number of hydrogen-bond donors (Lipinski definition) is 1. The van der Waals surface area contributed by atoms with Gasteiger partial charge in [-0.3, -0.25) is 4.79 Å². The molecular formula is C19H20ClFN2O3S2. The summed E-state index contributed by atoms with van der Waals surface area (Å²) >= 11 is 7.39. The number of carbonyl (C=O) groups is 1. The van der Waals surface area contributed by atoms with Crippen molar-refractivity contribution >= 4 is 45.0 Å². The van der Waals surface area contributed by atoms with Crippen LogP contribution < -0.4 is 5.32 Å². The average molecular weight is 443 g/mol. The highest BCUT2D eigenvalue weighted by molar-refractivity contribution is 8.00. The molecule has 1 saturated heterocycles. The van der Waals surface area contributed by atoms with E-state index < -0.39 is 10.0 Å². The van der Waals surface area contributed by atoms with Gasteiger partial charge < -0.3 is 5.32 Å². The van der Waals surface area contributed by atoms with Gasteiger partial charge in [0, 0.05) is 18.0 Å². The van der Waals surface area contributed by atoms with Gasteiger partial charge in [0.2, 0.25) is 15.9 Å². The third kappa shape index (κ3) is 5.26. The number of piperidine rings is 1. The summed E-state index contributed by atoms with van der Waals surface area (Å²) < 4.78 is 40.0. The van der Waals surface area contributed by atoms with E-state index in [0.29, 0.717) is 13.1 Å². The molecule has 3 rings (SSSR count). The summed E-state index contributed by atoms with van der Waals surface area (Å²) in [5, 5.41) is 2.92. The molecule has 1 aliphatic heterocycles. The summed E-state index contributed by atoms with van der Waals surface area (Å²) in [5.74, 6) is -0.582. The fourth-order valence-corrected chi connectivity index (χ4v) is 5.29. The maximum Gasteiger partial charge on any atom is 0.243 e. The number of hydrogen-bond acceptors (Lipinski definition) is 4. The van der Waals surface area contributed by atoms with Gasteiger partial charge in [-0.15, -0.1) is 11.8 Å². The minimum atomic E-state index is -3.61. The second-order valence-electron chi connectivity index (χ2n) is 6.40. The Morgan fingerprint density at radius 3 is 2.46 bits per heavy atom.